The summed E-state index contributed by atoms with van der Waals surface area (Å²) in [5, 5.41) is 7.14. The topological polar surface area (TPSA) is 76.8 Å². The van der Waals surface area contributed by atoms with Gasteiger partial charge in [-0.25, -0.2) is 4.39 Å². The van der Waals surface area contributed by atoms with Crippen LogP contribution in [-0.2, 0) is 0 Å². The molecular formula is C11H13FN4. The molecule has 1 rings (SSSR count). The molecule has 5 heteroatoms. The molecule has 1 aromatic carbocycles. The molecule has 0 aromatic heterocycles. The highest BCUT2D eigenvalue weighted by Crippen LogP contribution is 2.03. The first-order chi connectivity index (χ1) is 7.65. The van der Waals surface area contributed by atoms with E-state index in [0.717, 1.165) is 17.3 Å². The second-order valence-electron chi connectivity index (χ2n) is 3.10. The lowest BCUT2D eigenvalue weighted by Crippen LogP contribution is -2.12. The van der Waals surface area contributed by atoms with Crippen molar-refractivity contribution in [3.63, 3.8) is 0 Å². The Bertz CT molecular complexity index is 449. The van der Waals surface area contributed by atoms with E-state index >= 15 is 0 Å². The molecule has 0 unspecified atom stereocenters. The molecule has 0 saturated heterocycles. The van der Waals surface area contributed by atoms with E-state index in [9.17, 15) is 4.39 Å². The van der Waals surface area contributed by atoms with Crippen molar-refractivity contribution in [2.24, 2.45) is 21.7 Å². The number of aryl methyl sites for hydroxylation is 1. The minimum absolute atomic E-state index is 0.340. The van der Waals surface area contributed by atoms with Crippen molar-refractivity contribution in [2.75, 3.05) is 0 Å². The Morgan fingerprint density at radius 2 is 2.06 bits per heavy atom. The van der Waals surface area contributed by atoms with Gasteiger partial charge >= 0.3 is 0 Å². The summed E-state index contributed by atoms with van der Waals surface area (Å²) in [6.07, 6.45) is 2.24. The molecule has 4 N–H and O–H groups in total. The van der Waals surface area contributed by atoms with Crippen LogP contribution in [0, 0.1) is 6.92 Å². The van der Waals surface area contributed by atoms with Crippen molar-refractivity contribution in [1.82, 2.24) is 0 Å². The summed E-state index contributed by atoms with van der Waals surface area (Å²) in [4.78, 5) is 0. The van der Waals surface area contributed by atoms with E-state index in [2.05, 4.69) is 10.2 Å². The van der Waals surface area contributed by atoms with Gasteiger partial charge in [0.2, 0.25) is 0 Å². The van der Waals surface area contributed by atoms with E-state index < -0.39 is 5.83 Å². The van der Waals surface area contributed by atoms with E-state index in [1.165, 1.54) is 6.21 Å². The van der Waals surface area contributed by atoms with Crippen molar-refractivity contribution in [3.05, 3.63) is 47.4 Å². The van der Waals surface area contributed by atoms with E-state index in [0.29, 0.717) is 0 Å². The van der Waals surface area contributed by atoms with Gasteiger partial charge in [0.25, 0.3) is 0 Å². The fourth-order valence-electron chi connectivity index (χ4n) is 1.02. The fraction of sp³-hybridized carbons (Fsp3) is 0.0909. The van der Waals surface area contributed by atoms with Crippen LogP contribution in [0.25, 0.3) is 0 Å². The molecule has 0 amide bonds. The third-order valence-electron chi connectivity index (χ3n) is 1.94. The lowest BCUT2D eigenvalue weighted by Gasteiger charge is -1.96. The summed E-state index contributed by atoms with van der Waals surface area (Å²) in [6, 6.07) is 7.61. The summed E-state index contributed by atoms with van der Waals surface area (Å²) in [5.41, 5.74) is 12.1. The quantitative estimate of drug-likeness (QED) is 0.459. The third-order valence-corrected chi connectivity index (χ3v) is 1.94. The van der Waals surface area contributed by atoms with Gasteiger partial charge in [0.1, 0.15) is 0 Å². The smallest absolute Gasteiger partial charge is 0.183 e. The maximum absolute atomic E-state index is 12.7. The Hall–Kier alpha value is -2.17. The average molecular weight is 220 g/mol. The van der Waals surface area contributed by atoms with Gasteiger partial charge in [0.15, 0.2) is 11.7 Å². The standard InChI is InChI=1S/C11H13FN4/c1-8-4-2-3-5-9(8)7-15-16-11(14)10(12)6-13/h2-7H,13H2,1H3,(H2,14,16)/b10-6+,15-7+. The zero-order chi connectivity index (χ0) is 12.0. The van der Waals surface area contributed by atoms with Gasteiger partial charge in [-0.2, -0.15) is 5.10 Å². The van der Waals surface area contributed by atoms with Gasteiger partial charge in [-0.3, -0.25) is 0 Å². The zero-order valence-corrected chi connectivity index (χ0v) is 8.89. The molecule has 0 bridgehead atoms. The highest BCUT2D eigenvalue weighted by Gasteiger charge is 1.97. The van der Waals surface area contributed by atoms with Gasteiger partial charge in [-0.05, 0) is 18.1 Å². The van der Waals surface area contributed by atoms with E-state index in [4.69, 9.17) is 11.5 Å². The maximum atomic E-state index is 12.7. The first kappa shape index (κ1) is 11.9. The van der Waals surface area contributed by atoms with Gasteiger partial charge in [0, 0.05) is 6.20 Å². The fourth-order valence-corrected chi connectivity index (χ4v) is 1.02. The maximum Gasteiger partial charge on any atom is 0.183 e. The predicted molar refractivity (Wildman–Crippen MR) is 63.8 cm³/mol. The molecule has 0 saturated carbocycles. The second kappa shape index (κ2) is 5.65. The van der Waals surface area contributed by atoms with Crippen LogP contribution in [0.15, 0.2) is 46.5 Å². The molecule has 0 aliphatic rings. The Labute approximate surface area is 93.2 Å². The normalized spacial score (nSPS) is 13.4. The summed E-state index contributed by atoms with van der Waals surface area (Å²) >= 11 is 0. The number of benzene rings is 1. The highest BCUT2D eigenvalue weighted by atomic mass is 19.1. The number of nitrogens with zero attached hydrogens (tertiary/aromatic N) is 2. The van der Waals surface area contributed by atoms with Gasteiger partial charge < -0.3 is 11.5 Å². The van der Waals surface area contributed by atoms with Gasteiger partial charge in [0.05, 0.1) is 6.21 Å². The van der Waals surface area contributed by atoms with Crippen LogP contribution in [0.5, 0.6) is 0 Å². The predicted octanol–water partition coefficient (Wildman–Crippen LogP) is 1.46. The number of nitrogens with two attached hydrogens (primary N) is 2. The van der Waals surface area contributed by atoms with E-state index in [1.54, 1.807) is 0 Å². The molecule has 0 aliphatic heterocycles. The Morgan fingerprint density at radius 3 is 2.69 bits per heavy atom. The number of amidine groups is 1. The highest BCUT2D eigenvalue weighted by molar-refractivity contribution is 5.95. The molecular weight excluding hydrogens is 207 g/mol. The number of halogens is 1. The Balaban J connectivity index is 2.80. The second-order valence-corrected chi connectivity index (χ2v) is 3.10. The lowest BCUT2D eigenvalue weighted by molar-refractivity contribution is 0.675. The summed E-state index contributed by atoms with van der Waals surface area (Å²) in [7, 11) is 0. The van der Waals surface area contributed by atoms with Crippen molar-refractivity contribution in [1.29, 1.82) is 0 Å². The molecule has 4 nitrogen and oxygen atoms in total. The number of hydrogen-bond donors (Lipinski definition) is 2. The largest absolute Gasteiger partial charge is 0.402 e. The van der Waals surface area contributed by atoms with Crippen molar-refractivity contribution >= 4 is 12.1 Å². The van der Waals surface area contributed by atoms with E-state index in [-0.39, 0.29) is 5.84 Å². The molecule has 16 heavy (non-hydrogen) atoms. The molecule has 0 aliphatic carbocycles. The number of rotatable bonds is 3. The molecule has 0 radical (unpaired) electrons. The third kappa shape index (κ3) is 3.20. The van der Waals surface area contributed by atoms with Crippen LogP contribution >= 0.6 is 0 Å². The van der Waals surface area contributed by atoms with Crippen LogP contribution in [0.3, 0.4) is 0 Å². The Morgan fingerprint density at radius 1 is 1.38 bits per heavy atom. The van der Waals surface area contributed by atoms with E-state index in [1.807, 2.05) is 31.2 Å². The van der Waals surface area contributed by atoms with Gasteiger partial charge in [-0.15, -0.1) is 5.10 Å². The van der Waals surface area contributed by atoms with Crippen LogP contribution in [0.4, 0.5) is 4.39 Å². The summed E-state index contributed by atoms with van der Waals surface area (Å²) < 4.78 is 12.7. The molecule has 1 aromatic rings. The molecule has 84 valence electrons. The monoisotopic (exact) mass is 220 g/mol. The first-order valence-electron chi connectivity index (χ1n) is 4.65. The van der Waals surface area contributed by atoms with Crippen molar-refractivity contribution in [2.45, 2.75) is 6.92 Å². The molecule has 0 heterocycles. The van der Waals surface area contributed by atoms with Crippen molar-refractivity contribution < 1.29 is 4.39 Å². The number of hydrogen-bond acceptors (Lipinski definition) is 3. The summed E-state index contributed by atoms with van der Waals surface area (Å²) in [6.45, 7) is 1.94. The zero-order valence-electron chi connectivity index (χ0n) is 8.89. The van der Waals surface area contributed by atoms with Crippen LogP contribution in [-0.4, -0.2) is 12.1 Å². The molecule has 0 fully saturated rings. The minimum Gasteiger partial charge on any atom is -0.402 e. The molecule has 0 atom stereocenters. The van der Waals surface area contributed by atoms with Crippen LogP contribution in [0.1, 0.15) is 11.1 Å². The average Bonchev–Trinajstić information content (AvgIpc) is 2.30. The Kier molecular flexibility index (Phi) is 4.20. The lowest BCUT2D eigenvalue weighted by atomic mass is 10.1. The summed E-state index contributed by atoms with van der Waals surface area (Å²) in [5.74, 6) is -1.13. The van der Waals surface area contributed by atoms with Crippen LogP contribution < -0.4 is 11.5 Å². The van der Waals surface area contributed by atoms with Crippen molar-refractivity contribution in [3.8, 4) is 0 Å². The van der Waals surface area contributed by atoms with Gasteiger partial charge in [-0.1, -0.05) is 24.3 Å². The minimum atomic E-state index is -0.790. The first-order valence-corrected chi connectivity index (χ1v) is 4.65. The SMILES string of the molecule is Cc1ccccc1/C=N/N=C(N)/C(F)=C\N. The molecule has 0 spiro atoms. The van der Waals surface area contributed by atoms with Crippen LogP contribution in [0.2, 0.25) is 0 Å².